The Morgan fingerprint density at radius 2 is 1.64 bits per heavy atom. The summed E-state index contributed by atoms with van der Waals surface area (Å²) in [5, 5.41) is 4.99. The quantitative estimate of drug-likeness (QED) is 0.784. The van der Waals surface area contributed by atoms with E-state index in [4.69, 9.17) is 9.32 Å². The van der Waals surface area contributed by atoms with Crippen molar-refractivity contribution in [2.75, 3.05) is 0 Å². The first-order valence-corrected chi connectivity index (χ1v) is 9.68. The molecule has 22 heavy (non-hydrogen) atoms. The Labute approximate surface area is 137 Å². The average molecular weight is 406 g/mol. The molecule has 0 fully saturated rings. The van der Waals surface area contributed by atoms with Gasteiger partial charge in [-0.15, -0.1) is 0 Å². The second-order valence-corrected chi connectivity index (χ2v) is 8.45. The minimum Gasteiger partial charge on any atom is -0.378 e. The van der Waals surface area contributed by atoms with Crippen LogP contribution in [0.4, 0.5) is 0 Å². The molecule has 9 heteroatoms. The third-order valence-electron chi connectivity index (χ3n) is 2.71. The number of hydrogen-bond donors (Lipinski definition) is 1. The first-order chi connectivity index (χ1) is 10.1. The highest BCUT2D eigenvalue weighted by molar-refractivity contribution is 9.10. The molecular weight excluding hydrogens is 394 g/mol. The van der Waals surface area contributed by atoms with Gasteiger partial charge in [-0.2, -0.15) is 8.42 Å². The van der Waals surface area contributed by atoms with E-state index in [2.05, 4.69) is 15.9 Å². The molecule has 0 bridgehead atoms. The summed E-state index contributed by atoms with van der Waals surface area (Å²) in [6.45, 7) is 1.85. The fraction of sp³-hybridized carbons (Fsp3) is 0.0769. The van der Waals surface area contributed by atoms with E-state index in [9.17, 15) is 16.8 Å². The summed E-state index contributed by atoms with van der Waals surface area (Å²) in [6, 6.07) is 9.55. The Balaban J connectivity index is 2.43. The first kappa shape index (κ1) is 16.9. The predicted molar refractivity (Wildman–Crippen MR) is 84.5 cm³/mol. The van der Waals surface area contributed by atoms with Gasteiger partial charge in [0.1, 0.15) is 4.90 Å². The van der Waals surface area contributed by atoms with Gasteiger partial charge < -0.3 is 4.18 Å². The van der Waals surface area contributed by atoms with Crippen LogP contribution in [0.5, 0.6) is 5.75 Å². The molecule has 0 atom stereocenters. The van der Waals surface area contributed by atoms with E-state index in [1.54, 1.807) is 12.1 Å². The lowest BCUT2D eigenvalue weighted by Crippen LogP contribution is -2.14. The fourth-order valence-corrected chi connectivity index (χ4v) is 3.96. The molecule has 0 heterocycles. The van der Waals surface area contributed by atoms with E-state index in [0.717, 1.165) is 11.6 Å². The minimum absolute atomic E-state index is 0.103. The van der Waals surface area contributed by atoms with Crippen molar-refractivity contribution in [1.29, 1.82) is 0 Å². The molecule has 118 valence electrons. The molecule has 0 radical (unpaired) electrons. The third kappa shape index (κ3) is 3.86. The van der Waals surface area contributed by atoms with Crippen molar-refractivity contribution in [3.05, 3.63) is 52.5 Å². The maximum atomic E-state index is 12.2. The number of benzene rings is 2. The molecule has 2 aromatic rings. The molecule has 0 aliphatic carbocycles. The molecule has 0 saturated carbocycles. The van der Waals surface area contributed by atoms with E-state index < -0.39 is 20.1 Å². The number of hydrogen-bond acceptors (Lipinski definition) is 5. The van der Waals surface area contributed by atoms with Gasteiger partial charge in [-0.25, -0.2) is 13.6 Å². The van der Waals surface area contributed by atoms with Crippen LogP contribution in [0.25, 0.3) is 0 Å². The highest BCUT2D eigenvalue weighted by Gasteiger charge is 2.20. The van der Waals surface area contributed by atoms with Crippen LogP contribution in [0.2, 0.25) is 0 Å². The van der Waals surface area contributed by atoms with E-state index >= 15 is 0 Å². The summed E-state index contributed by atoms with van der Waals surface area (Å²) in [5.41, 5.74) is 0.924. The summed E-state index contributed by atoms with van der Waals surface area (Å²) >= 11 is 3.21. The van der Waals surface area contributed by atoms with Crippen molar-refractivity contribution in [3.8, 4) is 5.75 Å². The van der Waals surface area contributed by atoms with Crippen LogP contribution < -0.4 is 9.32 Å². The summed E-state index contributed by atoms with van der Waals surface area (Å²) in [4.78, 5) is -0.605. The lowest BCUT2D eigenvalue weighted by Gasteiger charge is -2.10. The van der Waals surface area contributed by atoms with Crippen molar-refractivity contribution in [3.63, 3.8) is 0 Å². The molecule has 6 nitrogen and oxygen atoms in total. The zero-order chi connectivity index (χ0) is 16.5. The van der Waals surface area contributed by atoms with Crippen LogP contribution in [-0.2, 0) is 20.1 Å². The molecule has 2 aromatic carbocycles. The number of primary sulfonamides is 1. The zero-order valence-electron chi connectivity index (χ0n) is 11.4. The van der Waals surface area contributed by atoms with Crippen LogP contribution in [0.3, 0.4) is 0 Å². The first-order valence-electron chi connectivity index (χ1n) is 5.93. The van der Waals surface area contributed by atoms with E-state index in [0.29, 0.717) is 4.47 Å². The summed E-state index contributed by atoms with van der Waals surface area (Å²) < 4.78 is 52.6. The van der Waals surface area contributed by atoms with Crippen molar-refractivity contribution in [2.45, 2.75) is 16.7 Å². The van der Waals surface area contributed by atoms with Gasteiger partial charge in [-0.1, -0.05) is 12.1 Å². The molecule has 0 unspecified atom stereocenters. The second kappa shape index (κ2) is 5.99. The normalized spacial score (nSPS) is 12.1. The van der Waals surface area contributed by atoms with Crippen LogP contribution >= 0.6 is 15.9 Å². The molecule has 2 N–H and O–H groups in total. The van der Waals surface area contributed by atoms with E-state index in [-0.39, 0.29) is 15.5 Å². The van der Waals surface area contributed by atoms with Gasteiger partial charge in [-0.3, -0.25) is 0 Å². The van der Waals surface area contributed by atoms with Crippen molar-refractivity contribution in [1.82, 2.24) is 0 Å². The Bertz CT molecular complexity index is 923. The maximum Gasteiger partial charge on any atom is 0.339 e. The van der Waals surface area contributed by atoms with Gasteiger partial charge in [0.15, 0.2) is 5.75 Å². The highest BCUT2D eigenvalue weighted by atomic mass is 79.9. The Kier molecular flexibility index (Phi) is 4.62. The van der Waals surface area contributed by atoms with Gasteiger partial charge in [-0.05, 0) is 58.7 Å². The number of sulfonamides is 1. The van der Waals surface area contributed by atoms with Crippen molar-refractivity contribution >= 4 is 36.1 Å². The number of nitrogens with two attached hydrogens (primary N) is 1. The number of aryl methyl sites for hydroxylation is 1. The van der Waals surface area contributed by atoms with Crippen molar-refractivity contribution < 1.29 is 21.0 Å². The van der Waals surface area contributed by atoms with Gasteiger partial charge in [0.05, 0.1) is 9.37 Å². The summed E-state index contributed by atoms with van der Waals surface area (Å²) in [5.74, 6) is 0.103. The topological polar surface area (TPSA) is 104 Å². The summed E-state index contributed by atoms with van der Waals surface area (Å²) in [6.07, 6.45) is 0. The Morgan fingerprint density at radius 3 is 2.23 bits per heavy atom. The smallest absolute Gasteiger partial charge is 0.339 e. The standard InChI is InChI=1S/C13H12BrNO5S2/c1-9-5-6-13(12(14)7-9)20-22(18,19)11-4-2-3-10(8-11)21(15,16)17/h2-8H,1H3,(H2,15,16,17). The Morgan fingerprint density at radius 1 is 1.00 bits per heavy atom. The third-order valence-corrected chi connectivity index (χ3v) is 5.47. The lowest BCUT2D eigenvalue weighted by molar-refractivity contribution is 0.484. The highest BCUT2D eigenvalue weighted by Crippen LogP contribution is 2.29. The number of rotatable bonds is 4. The van der Waals surface area contributed by atoms with Gasteiger partial charge in [0.25, 0.3) is 0 Å². The average Bonchev–Trinajstić information content (AvgIpc) is 2.41. The van der Waals surface area contributed by atoms with Gasteiger partial charge in [0, 0.05) is 0 Å². The molecule has 0 aliphatic heterocycles. The number of halogens is 1. The van der Waals surface area contributed by atoms with Crippen LogP contribution in [-0.4, -0.2) is 16.8 Å². The Hall–Kier alpha value is -1.42. The molecule has 0 aromatic heterocycles. The molecule has 0 amide bonds. The SMILES string of the molecule is Cc1ccc(OS(=O)(=O)c2cccc(S(N)(=O)=O)c2)c(Br)c1. The van der Waals surface area contributed by atoms with E-state index in [1.165, 1.54) is 24.3 Å². The van der Waals surface area contributed by atoms with Crippen molar-refractivity contribution in [2.24, 2.45) is 5.14 Å². The molecular formula is C13H12BrNO5S2. The maximum absolute atomic E-state index is 12.2. The molecule has 2 rings (SSSR count). The van der Waals surface area contributed by atoms with Crippen LogP contribution in [0.1, 0.15) is 5.56 Å². The fourth-order valence-electron chi connectivity index (χ4n) is 1.65. The zero-order valence-corrected chi connectivity index (χ0v) is 14.6. The summed E-state index contributed by atoms with van der Waals surface area (Å²) in [7, 11) is -8.18. The largest absolute Gasteiger partial charge is 0.378 e. The molecule has 0 aliphatic rings. The molecule has 0 spiro atoms. The minimum atomic E-state index is -4.18. The second-order valence-electron chi connectivity index (χ2n) is 4.49. The van der Waals surface area contributed by atoms with Crippen LogP contribution in [0.15, 0.2) is 56.7 Å². The monoisotopic (exact) mass is 405 g/mol. The molecule has 0 saturated heterocycles. The lowest BCUT2D eigenvalue weighted by atomic mass is 10.2. The van der Waals surface area contributed by atoms with E-state index in [1.807, 2.05) is 6.92 Å². The van der Waals surface area contributed by atoms with Gasteiger partial charge >= 0.3 is 10.1 Å². The predicted octanol–water partition coefficient (Wildman–Crippen LogP) is 2.17. The van der Waals surface area contributed by atoms with Crippen LogP contribution in [0, 0.1) is 6.92 Å². The van der Waals surface area contributed by atoms with Gasteiger partial charge in [0.2, 0.25) is 10.0 Å².